The van der Waals surface area contributed by atoms with Crippen LogP contribution in [0.4, 0.5) is 0 Å². The van der Waals surface area contributed by atoms with E-state index in [-0.39, 0.29) is 36.5 Å². The molecule has 0 saturated carbocycles. The van der Waals surface area contributed by atoms with Gasteiger partial charge in [-0.25, -0.2) is 4.79 Å². The highest BCUT2D eigenvalue weighted by Gasteiger charge is 2.43. The maximum atomic E-state index is 14.2. The predicted octanol–water partition coefficient (Wildman–Crippen LogP) is 1.87. The van der Waals surface area contributed by atoms with Crippen molar-refractivity contribution in [2.75, 3.05) is 55.6 Å². The Morgan fingerprint density at radius 2 is 1.58 bits per heavy atom. The van der Waals surface area contributed by atoms with Crippen molar-refractivity contribution in [2.45, 2.75) is 109 Å². The fraction of sp³-hybridized carbons (Fsp3) is 0.718. The van der Waals surface area contributed by atoms with Crippen LogP contribution < -0.4 is 10.6 Å². The smallest absolute Gasteiger partial charge is 0.328 e. The summed E-state index contributed by atoms with van der Waals surface area (Å²) in [5.74, 6) is -2.95. The van der Waals surface area contributed by atoms with Crippen LogP contribution in [0.1, 0.15) is 65.9 Å². The molecule has 1 aliphatic rings. The highest BCUT2D eigenvalue weighted by Crippen LogP contribution is 2.30. The second kappa shape index (κ2) is 21.9. The lowest BCUT2D eigenvalue weighted by molar-refractivity contribution is -0.149. The van der Waals surface area contributed by atoms with Crippen molar-refractivity contribution in [3.05, 3.63) is 35.9 Å². The van der Waals surface area contributed by atoms with Crippen LogP contribution in [0.2, 0.25) is 0 Å². The van der Waals surface area contributed by atoms with E-state index in [0.717, 1.165) is 5.56 Å². The molecule has 0 aliphatic carbocycles. The van der Waals surface area contributed by atoms with Gasteiger partial charge in [-0.05, 0) is 44.3 Å². The van der Waals surface area contributed by atoms with Crippen LogP contribution in [0.3, 0.4) is 0 Å². The number of benzene rings is 1. The molecular formula is C39H65N5O9. The van der Waals surface area contributed by atoms with Crippen molar-refractivity contribution < 1.29 is 43.3 Å². The van der Waals surface area contributed by atoms with Crippen molar-refractivity contribution in [3.8, 4) is 0 Å². The summed E-state index contributed by atoms with van der Waals surface area (Å²) in [6.07, 6.45) is 0.929. The van der Waals surface area contributed by atoms with Gasteiger partial charge in [0.1, 0.15) is 18.1 Å². The first kappa shape index (κ1) is 45.6. The van der Waals surface area contributed by atoms with Crippen LogP contribution in [-0.2, 0) is 44.6 Å². The first-order valence-corrected chi connectivity index (χ1v) is 18.7. The minimum absolute atomic E-state index is 0.0238. The van der Waals surface area contributed by atoms with Crippen molar-refractivity contribution >= 4 is 29.6 Å². The van der Waals surface area contributed by atoms with Crippen LogP contribution >= 0.6 is 0 Å². The van der Waals surface area contributed by atoms with E-state index in [4.69, 9.17) is 14.2 Å². The number of rotatable bonds is 21. The zero-order valence-electron chi connectivity index (χ0n) is 33.7. The minimum Gasteiger partial charge on any atom is -0.467 e. The molecule has 1 aromatic carbocycles. The molecule has 1 aromatic rings. The van der Waals surface area contributed by atoms with E-state index in [1.165, 1.54) is 21.3 Å². The minimum atomic E-state index is -0.900. The van der Waals surface area contributed by atoms with Gasteiger partial charge in [-0.1, -0.05) is 71.4 Å². The van der Waals surface area contributed by atoms with Crippen LogP contribution in [0.15, 0.2) is 30.3 Å². The number of carbonyl (C=O) groups is 5. The summed E-state index contributed by atoms with van der Waals surface area (Å²) < 4.78 is 16.9. The quantitative estimate of drug-likeness (QED) is 0.158. The molecule has 300 valence electrons. The first-order valence-electron chi connectivity index (χ1n) is 18.7. The van der Waals surface area contributed by atoms with E-state index in [1.807, 2.05) is 58.0 Å². The molecule has 1 aliphatic heterocycles. The number of likely N-dealkylation sites (tertiary alicyclic amines) is 1. The van der Waals surface area contributed by atoms with Crippen LogP contribution in [0.5, 0.6) is 0 Å². The Hall–Kier alpha value is -3.59. The van der Waals surface area contributed by atoms with E-state index in [1.54, 1.807) is 42.8 Å². The third kappa shape index (κ3) is 12.2. The van der Waals surface area contributed by atoms with E-state index >= 15 is 0 Å². The Bertz CT molecular complexity index is 1330. The molecule has 0 bridgehead atoms. The summed E-state index contributed by atoms with van der Waals surface area (Å²) in [6.45, 7) is 9.49. The largest absolute Gasteiger partial charge is 0.467 e. The SMILES string of the molecule is CC[C@H](C)[C@@H]([C@@H](CC(=O)N1CCCC1[C@H](OC)[C@@H](C)C(=O)NC(Cc1ccccc1)C(=O)OC)OC)N(C)C(=O)C(NC(=O)C(CO)N(C)C)C(C)C. The number of aliphatic hydroxyl groups is 1. The van der Waals surface area contributed by atoms with Crippen LogP contribution in [-0.4, -0.2) is 147 Å². The summed E-state index contributed by atoms with van der Waals surface area (Å²) in [7, 11) is 9.35. The molecule has 53 heavy (non-hydrogen) atoms. The lowest BCUT2D eigenvalue weighted by Gasteiger charge is -2.41. The normalized spacial score (nSPS) is 19.1. The Morgan fingerprint density at radius 1 is 0.943 bits per heavy atom. The molecule has 14 heteroatoms. The molecule has 0 aromatic heterocycles. The van der Waals surface area contributed by atoms with E-state index in [2.05, 4.69) is 10.6 Å². The second-order valence-corrected chi connectivity index (χ2v) is 14.8. The number of nitrogens with one attached hydrogen (secondary N) is 2. The Kier molecular flexibility index (Phi) is 18.9. The number of esters is 1. The topological polar surface area (TPSA) is 167 Å². The summed E-state index contributed by atoms with van der Waals surface area (Å²) in [5, 5.41) is 15.5. The number of hydrogen-bond acceptors (Lipinski definition) is 10. The average Bonchev–Trinajstić information content (AvgIpc) is 3.62. The average molecular weight is 748 g/mol. The van der Waals surface area contributed by atoms with Crippen molar-refractivity contribution in [1.29, 1.82) is 0 Å². The number of nitrogens with zero attached hydrogens (tertiary/aromatic N) is 3. The zero-order chi connectivity index (χ0) is 40.0. The van der Waals surface area contributed by atoms with E-state index < -0.39 is 72.7 Å². The second-order valence-electron chi connectivity index (χ2n) is 14.8. The number of hydrogen-bond donors (Lipinski definition) is 3. The van der Waals surface area contributed by atoms with Gasteiger partial charge in [-0.2, -0.15) is 0 Å². The molecule has 3 N–H and O–H groups in total. The maximum Gasteiger partial charge on any atom is 0.328 e. The summed E-state index contributed by atoms with van der Waals surface area (Å²) in [5.41, 5.74) is 0.867. The molecule has 0 spiro atoms. The van der Waals surface area contributed by atoms with Gasteiger partial charge in [0, 0.05) is 34.2 Å². The van der Waals surface area contributed by atoms with Gasteiger partial charge in [0.15, 0.2) is 0 Å². The molecule has 14 nitrogen and oxygen atoms in total. The van der Waals surface area contributed by atoms with Gasteiger partial charge >= 0.3 is 5.97 Å². The maximum absolute atomic E-state index is 14.2. The highest BCUT2D eigenvalue weighted by molar-refractivity contribution is 5.90. The monoisotopic (exact) mass is 747 g/mol. The van der Waals surface area contributed by atoms with Crippen molar-refractivity contribution in [1.82, 2.24) is 25.3 Å². The van der Waals surface area contributed by atoms with Crippen LogP contribution in [0.25, 0.3) is 0 Å². The third-order valence-electron chi connectivity index (χ3n) is 10.7. The number of aliphatic hydroxyl groups excluding tert-OH is 1. The van der Waals surface area contributed by atoms with Gasteiger partial charge < -0.3 is 39.8 Å². The Labute approximate surface area is 316 Å². The molecule has 1 saturated heterocycles. The lowest BCUT2D eigenvalue weighted by atomic mass is 9.89. The van der Waals surface area contributed by atoms with Crippen LogP contribution in [0, 0.1) is 17.8 Å². The fourth-order valence-corrected chi connectivity index (χ4v) is 7.26. The summed E-state index contributed by atoms with van der Waals surface area (Å²) in [4.78, 5) is 72.5. The van der Waals surface area contributed by atoms with Gasteiger partial charge in [0.2, 0.25) is 23.6 Å². The fourth-order valence-electron chi connectivity index (χ4n) is 7.26. The number of methoxy groups -OCH3 is 3. The van der Waals surface area contributed by atoms with E-state index in [0.29, 0.717) is 25.8 Å². The standard InChI is InChI=1S/C39H65N5O9/c1-12-25(4)34(43(8)38(49)33(24(2)3)41-37(48)30(23-45)42(6)7)31(51-9)22-32(46)44-20-16-19-29(44)35(52-10)26(5)36(47)40-28(39(50)53-11)21-27-17-14-13-15-18-27/h13-15,17-18,24-26,28-31,33-35,45H,12,16,19-23H2,1-11H3,(H,40,47)(H,41,48)/t25-,26+,28?,29?,30?,31+,33?,34-,35+/m0/s1. The first-order chi connectivity index (χ1) is 25.1. The molecule has 4 unspecified atom stereocenters. The number of ether oxygens (including phenoxy) is 3. The molecule has 0 radical (unpaired) electrons. The molecule has 4 amide bonds. The lowest BCUT2D eigenvalue weighted by Crippen LogP contribution is -2.59. The number of amides is 4. The predicted molar refractivity (Wildman–Crippen MR) is 202 cm³/mol. The number of likely N-dealkylation sites (N-methyl/N-ethyl adjacent to an activating group) is 2. The van der Waals surface area contributed by atoms with Crippen molar-refractivity contribution in [2.24, 2.45) is 17.8 Å². The molecule has 2 rings (SSSR count). The Balaban J connectivity index is 2.27. The van der Waals surface area contributed by atoms with Gasteiger partial charge in [0.25, 0.3) is 0 Å². The Morgan fingerprint density at radius 3 is 2.09 bits per heavy atom. The third-order valence-corrected chi connectivity index (χ3v) is 10.7. The van der Waals surface area contributed by atoms with E-state index in [9.17, 15) is 29.1 Å². The van der Waals surface area contributed by atoms with Crippen molar-refractivity contribution in [3.63, 3.8) is 0 Å². The zero-order valence-corrected chi connectivity index (χ0v) is 33.7. The van der Waals surface area contributed by atoms with Gasteiger partial charge in [0.05, 0.1) is 50.3 Å². The van der Waals surface area contributed by atoms with Gasteiger partial charge in [-0.3, -0.25) is 24.1 Å². The summed E-state index contributed by atoms with van der Waals surface area (Å²) >= 11 is 0. The molecule has 9 atom stereocenters. The van der Waals surface area contributed by atoms with Gasteiger partial charge in [-0.15, -0.1) is 0 Å². The highest BCUT2D eigenvalue weighted by atomic mass is 16.5. The molecular weight excluding hydrogens is 682 g/mol. The molecule has 1 heterocycles. The summed E-state index contributed by atoms with van der Waals surface area (Å²) in [6, 6.07) is 5.84. The molecule has 1 fully saturated rings. The number of carbonyl (C=O) groups excluding carboxylic acids is 5.